The first-order valence-electron chi connectivity index (χ1n) is 17.2. The largest absolute Gasteiger partial charge is 0.360 e. The van der Waals surface area contributed by atoms with Crippen LogP contribution in [-0.2, 0) is 46.8 Å². The van der Waals surface area contributed by atoms with E-state index in [2.05, 4.69) is 14.9 Å². The summed E-state index contributed by atoms with van der Waals surface area (Å²) in [6, 6.07) is 34.4. The summed E-state index contributed by atoms with van der Waals surface area (Å²) in [6.07, 6.45) is 4.25. The number of benzene rings is 5. The van der Waals surface area contributed by atoms with Crippen molar-refractivity contribution in [1.29, 1.82) is 0 Å². The number of sulfone groups is 2. The summed E-state index contributed by atoms with van der Waals surface area (Å²) in [5, 5.41) is 1.31. The molecule has 0 radical (unpaired) electrons. The van der Waals surface area contributed by atoms with Gasteiger partial charge in [-0.15, -0.1) is 12.4 Å². The smallest absolute Gasteiger partial charge is 0.296 e. The molecular formula is C41H42ClN3O7S3. The molecule has 0 fully saturated rings. The maximum atomic E-state index is 13.0. The molecule has 0 aliphatic heterocycles. The number of aryl methyl sites for hydroxylation is 1. The highest BCUT2D eigenvalue weighted by Gasteiger charge is 2.24. The minimum Gasteiger partial charge on any atom is -0.360 e. The van der Waals surface area contributed by atoms with Crippen LogP contribution in [0.5, 0.6) is 0 Å². The summed E-state index contributed by atoms with van der Waals surface area (Å²) in [5.74, 6) is 0. The quantitative estimate of drug-likeness (QED) is 0.119. The third-order valence-electron chi connectivity index (χ3n) is 8.96. The first kappa shape index (κ1) is 41.4. The first-order chi connectivity index (χ1) is 25.8. The van der Waals surface area contributed by atoms with Crippen LogP contribution in [0.4, 0.5) is 0 Å². The highest BCUT2D eigenvalue weighted by molar-refractivity contribution is 7.92. The Balaban J connectivity index is 0.000000216. The van der Waals surface area contributed by atoms with Crippen molar-refractivity contribution in [3.63, 3.8) is 0 Å². The van der Waals surface area contributed by atoms with Gasteiger partial charge in [-0.05, 0) is 81.4 Å². The van der Waals surface area contributed by atoms with Gasteiger partial charge in [-0.1, -0.05) is 90.5 Å². The molecule has 5 aromatic carbocycles. The monoisotopic (exact) mass is 819 g/mol. The predicted molar refractivity (Wildman–Crippen MR) is 218 cm³/mol. The Labute approximate surface area is 328 Å². The molecule has 0 atom stereocenters. The van der Waals surface area contributed by atoms with Crippen molar-refractivity contribution >= 4 is 64.0 Å². The van der Waals surface area contributed by atoms with Gasteiger partial charge in [0.2, 0.25) is 19.7 Å². The summed E-state index contributed by atoms with van der Waals surface area (Å²) in [4.78, 5) is 9.47. The Bertz CT molecular complexity index is 2710. The van der Waals surface area contributed by atoms with Crippen LogP contribution in [0, 0.1) is 6.92 Å². The number of rotatable bonds is 12. The summed E-state index contributed by atoms with van der Waals surface area (Å²) < 4.78 is 81.7. The molecule has 2 heterocycles. The molecule has 0 saturated carbocycles. The number of aromatic nitrogens is 2. The topological polar surface area (TPSA) is 146 Å². The number of fused-ring (bicyclic) bond motifs is 2. The van der Waals surface area contributed by atoms with Gasteiger partial charge in [0.05, 0.1) is 42.1 Å². The van der Waals surface area contributed by atoms with Crippen molar-refractivity contribution in [2.45, 2.75) is 44.2 Å². The number of para-hydroxylation sites is 2. The zero-order chi connectivity index (χ0) is 38.5. The Morgan fingerprint density at radius 1 is 0.545 bits per heavy atom. The van der Waals surface area contributed by atoms with E-state index in [0.717, 1.165) is 40.6 Å². The summed E-state index contributed by atoms with van der Waals surface area (Å²) in [5.41, 5.74) is 4.41. The van der Waals surface area contributed by atoms with Gasteiger partial charge in [-0.2, -0.15) is 8.42 Å². The second kappa shape index (κ2) is 17.4. The zero-order valence-corrected chi connectivity index (χ0v) is 33.7. The molecule has 0 unspecified atom stereocenters. The molecule has 55 heavy (non-hydrogen) atoms. The van der Waals surface area contributed by atoms with E-state index < -0.39 is 29.8 Å². The Hall–Kier alpha value is -4.76. The zero-order valence-electron chi connectivity index (χ0n) is 30.5. The summed E-state index contributed by atoms with van der Waals surface area (Å²) >= 11 is 0. The van der Waals surface area contributed by atoms with E-state index in [0.29, 0.717) is 27.1 Å². The average Bonchev–Trinajstić information content (AvgIpc) is 3.82. The van der Waals surface area contributed by atoms with Crippen molar-refractivity contribution in [3.05, 3.63) is 150 Å². The normalized spacial score (nSPS) is 12.0. The fraction of sp³-hybridized carbons (Fsp3) is 0.171. The first-order valence-corrected chi connectivity index (χ1v) is 21.6. The molecule has 2 aromatic heterocycles. The molecule has 0 spiro atoms. The SMILES string of the molecule is CN(C)CCc1cccc2c(S(=O)(=O)c3ccccc3)c[nH]c12.Cc1ccc(S(=O)(=O)OCCc2cccc3c(S(=O)(=O)c4ccccc4)c[nH]c23)cc1.Cl. The summed E-state index contributed by atoms with van der Waals surface area (Å²) in [6.45, 7) is 2.73. The van der Waals surface area contributed by atoms with E-state index >= 15 is 0 Å². The van der Waals surface area contributed by atoms with Gasteiger partial charge < -0.3 is 14.9 Å². The van der Waals surface area contributed by atoms with E-state index in [4.69, 9.17) is 4.18 Å². The lowest BCUT2D eigenvalue weighted by atomic mass is 10.1. The van der Waals surface area contributed by atoms with Gasteiger partial charge in [0.1, 0.15) is 0 Å². The van der Waals surface area contributed by atoms with Crippen molar-refractivity contribution in [1.82, 2.24) is 14.9 Å². The van der Waals surface area contributed by atoms with E-state index in [1.165, 1.54) is 18.3 Å². The number of halogens is 1. The number of aromatic amines is 2. The molecule has 0 aliphatic rings. The third-order valence-corrected chi connectivity index (χ3v) is 13.9. The molecule has 2 N–H and O–H groups in total. The van der Waals surface area contributed by atoms with Crippen molar-refractivity contribution in [2.24, 2.45) is 0 Å². The molecular weight excluding hydrogens is 778 g/mol. The number of nitrogens with one attached hydrogen (secondary N) is 2. The van der Waals surface area contributed by atoms with Crippen LogP contribution in [-0.4, -0.2) is 67.4 Å². The average molecular weight is 820 g/mol. The van der Waals surface area contributed by atoms with Gasteiger partial charge >= 0.3 is 0 Å². The molecule has 10 nitrogen and oxygen atoms in total. The number of hydrogen-bond donors (Lipinski definition) is 2. The predicted octanol–water partition coefficient (Wildman–Crippen LogP) is 7.78. The fourth-order valence-corrected chi connectivity index (χ4v) is 9.87. The number of nitrogens with zero attached hydrogens (tertiary/aromatic N) is 1. The second-order valence-corrected chi connectivity index (χ2v) is 18.5. The highest BCUT2D eigenvalue weighted by Crippen LogP contribution is 2.31. The van der Waals surface area contributed by atoms with Crippen LogP contribution in [0.3, 0.4) is 0 Å². The Morgan fingerprint density at radius 3 is 1.45 bits per heavy atom. The molecule has 14 heteroatoms. The molecule has 7 rings (SSSR count). The van der Waals surface area contributed by atoms with Gasteiger partial charge in [0.15, 0.2) is 0 Å². The second-order valence-electron chi connectivity index (χ2n) is 13.0. The number of H-pyrrole nitrogens is 2. The lowest BCUT2D eigenvalue weighted by Crippen LogP contribution is -2.15. The van der Waals surface area contributed by atoms with Gasteiger partial charge in [0, 0.05) is 29.7 Å². The van der Waals surface area contributed by atoms with Crippen LogP contribution in [0.25, 0.3) is 21.8 Å². The van der Waals surface area contributed by atoms with Crippen molar-refractivity contribution < 1.29 is 29.4 Å². The van der Waals surface area contributed by atoms with Crippen molar-refractivity contribution in [3.8, 4) is 0 Å². The van der Waals surface area contributed by atoms with Crippen LogP contribution in [0.1, 0.15) is 16.7 Å². The van der Waals surface area contributed by atoms with E-state index in [9.17, 15) is 25.3 Å². The minimum absolute atomic E-state index is 0. The van der Waals surface area contributed by atoms with Crippen LogP contribution in [0.2, 0.25) is 0 Å². The molecule has 0 aliphatic carbocycles. The molecule has 288 valence electrons. The fourth-order valence-electron chi connectivity index (χ4n) is 6.08. The molecule has 0 bridgehead atoms. The maximum Gasteiger partial charge on any atom is 0.296 e. The van der Waals surface area contributed by atoms with Gasteiger partial charge in [-0.25, -0.2) is 16.8 Å². The summed E-state index contributed by atoms with van der Waals surface area (Å²) in [7, 11) is -7.00. The molecule has 0 saturated heterocycles. The standard InChI is InChI=1S/C23H21NO5S2.C18H20N2O2S.ClH/c1-17-10-12-20(13-11-17)31(27,28)29-15-14-18-6-5-9-21-22(16-24-23(18)21)30(25,26)19-7-3-2-4-8-19;1-20(2)12-11-14-7-6-10-16-17(13-19-18(14)16)23(21,22)15-8-4-3-5-9-15;/h2-13,16,24H,14-15H2,1H3;3-10,13,19H,11-12H2,1-2H3;1H. The number of hydrogen-bond acceptors (Lipinski definition) is 8. The Morgan fingerprint density at radius 2 is 1.00 bits per heavy atom. The highest BCUT2D eigenvalue weighted by atomic mass is 35.5. The number of likely N-dealkylation sites (N-methyl/N-ethyl adjacent to an activating group) is 1. The van der Waals surface area contributed by atoms with Gasteiger partial charge in [-0.3, -0.25) is 4.18 Å². The van der Waals surface area contributed by atoms with Crippen LogP contribution >= 0.6 is 12.4 Å². The minimum atomic E-state index is -3.86. The van der Waals surface area contributed by atoms with Crippen LogP contribution in [0.15, 0.2) is 158 Å². The van der Waals surface area contributed by atoms with Crippen molar-refractivity contribution in [2.75, 3.05) is 27.2 Å². The maximum absolute atomic E-state index is 13.0. The lowest BCUT2D eigenvalue weighted by Gasteiger charge is -2.10. The van der Waals surface area contributed by atoms with E-state index in [-0.39, 0.29) is 33.7 Å². The molecule has 7 aromatic rings. The molecule has 0 amide bonds. The van der Waals surface area contributed by atoms with E-state index in [1.807, 2.05) is 51.4 Å². The lowest BCUT2D eigenvalue weighted by molar-refractivity contribution is 0.322. The Kier molecular flexibility index (Phi) is 13.1. The van der Waals surface area contributed by atoms with Gasteiger partial charge in [0.25, 0.3) is 10.1 Å². The third kappa shape index (κ3) is 9.21. The van der Waals surface area contributed by atoms with E-state index in [1.54, 1.807) is 85.1 Å². The van der Waals surface area contributed by atoms with Crippen LogP contribution < -0.4 is 0 Å².